The number of hydrogen-bond donors (Lipinski definition) is 0. The Hall–Kier alpha value is -5.72. The summed E-state index contributed by atoms with van der Waals surface area (Å²) in [5.74, 6) is 0. The smallest absolute Gasteiger partial charge is 0.0159 e. The molecule has 0 atom stereocenters. The fourth-order valence-corrected chi connectivity index (χ4v) is 9.32. The van der Waals surface area contributed by atoms with Crippen LogP contribution in [-0.4, -0.2) is 0 Å². The molecule has 10 rings (SSSR count). The third-order valence-electron chi connectivity index (χ3n) is 11.9. The lowest BCUT2D eigenvalue weighted by atomic mass is 9.80. The molecule has 50 heavy (non-hydrogen) atoms. The van der Waals surface area contributed by atoms with Crippen molar-refractivity contribution in [3.63, 3.8) is 0 Å². The van der Waals surface area contributed by atoms with Gasteiger partial charge in [-0.1, -0.05) is 173 Å². The van der Waals surface area contributed by atoms with Crippen LogP contribution in [0, 0.1) is 0 Å². The molecule has 0 N–H and O–H groups in total. The first kappa shape index (κ1) is 29.2. The van der Waals surface area contributed by atoms with E-state index in [0.717, 1.165) is 0 Å². The van der Waals surface area contributed by atoms with Gasteiger partial charge >= 0.3 is 0 Å². The van der Waals surface area contributed by atoms with Gasteiger partial charge in [0.05, 0.1) is 0 Å². The van der Waals surface area contributed by atoms with E-state index in [1.54, 1.807) is 0 Å². The second-order valence-electron chi connectivity index (χ2n) is 15.3. The standard InChI is InChI=1S/C50H38/c1-49(2)43-19-11-9-13-35(43)37-27-25-33(29-45(37)49)31-21-23-32(24-22-31)47-39-15-5-7-17-41(39)48(42-18-8-6-16-40(42)47)34-26-28-38-36-14-10-12-20-44(36)50(3,4)46(38)30-34/h5-30H,1-4H3. The van der Waals surface area contributed by atoms with E-state index >= 15 is 0 Å². The van der Waals surface area contributed by atoms with Crippen molar-refractivity contribution in [1.29, 1.82) is 0 Å². The van der Waals surface area contributed by atoms with Gasteiger partial charge in [0, 0.05) is 10.8 Å². The molecule has 0 unspecified atom stereocenters. The topological polar surface area (TPSA) is 0 Å². The van der Waals surface area contributed by atoms with Gasteiger partial charge in [-0.15, -0.1) is 0 Å². The van der Waals surface area contributed by atoms with Crippen molar-refractivity contribution in [3.8, 4) is 55.6 Å². The molecule has 0 spiro atoms. The average Bonchev–Trinajstić information content (AvgIpc) is 3.53. The van der Waals surface area contributed by atoms with Crippen molar-refractivity contribution < 1.29 is 0 Å². The minimum atomic E-state index is -0.0478. The van der Waals surface area contributed by atoms with Crippen LogP contribution in [0.5, 0.6) is 0 Å². The fourth-order valence-electron chi connectivity index (χ4n) is 9.32. The van der Waals surface area contributed by atoms with Crippen LogP contribution in [-0.2, 0) is 10.8 Å². The zero-order valence-corrected chi connectivity index (χ0v) is 29.0. The summed E-state index contributed by atoms with van der Waals surface area (Å²) in [7, 11) is 0. The number of hydrogen-bond acceptors (Lipinski definition) is 0. The van der Waals surface area contributed by atoms with E-state index in [1.807, 2.05) is 0 Å². The van der Waals surface area contributed by atoms with Crippen molar-refractivity contribution in [2.45, 2.75) is 38.5 Å². The predicted octanol–water partition coefficient (Wildman–Crippen LogP) is 13.6. The minimum Gasteiger partial charge on any atom is -0.0619 e. The molecule has 0 heteroatoms. The lowest BCUT2D eigenvalue weighted by Gasteiger charge is -2.23. The van der Waals surface area contributed by atoms with Crippen LogP contribution in [0.2, 0.25) is 0 Å². The highest BCUT2D eigenvalue weighted by molar-refractivity contribution is 6.21. The molecule has 0 aromatic heterocycles. The van der Waals surface area contributed by atoms with Gasteiger partial charge in [-0.3, -0.25) is 0 Å². The molecule has 0 saturated carbocycles. The van der Waals surface area contributed by atoms with Gasteiger partial charge in [-0.2, -0.15) is 0 Å². The van der Waals surface area contributed by atoms with E-state index in [2.05, 4.69) is 185 Å². The molecule has 2 aliphatic carbocycles. The quantitative estimate of drug-likeness (QED) is 0.169. The van der Waals surface area contributed by atoms with E-state index in [1.165, 1.54) is 99.4 Å². The first-order valence-corrected chi connectivity index (χ1v) is 17.9. The molecule has 0 amide bonds. The molecule has 238 valence electrons. The molecule has 0 saturated heterocycles. The highest BCUT2D eigenvalue weighted by Crippen LogP contribution is 2.52. The monoisotopic (exact) mass is 638 g/mol. The minimum absolute atomic E-state index is 0.0139. The summed E-state index contributed by atoms with van der Waals surface area (Å²) in [6.07, 6.45) is 0. The number of rotatable bonds is 3. The van der Waals surface area contributed by atoms with E-state index in [0.29, 0.717) is 0 Å². The molecule has 0 heterocycles. The van der Waals surface area contributed by atoms with E-state index in [4.69, 9.17) is 0 Å². The Morgan fingerprint density at radius 2 is 0.620 bits per heavy atom. The van der Waals surface area contributed by atoms with Crippen LogP contribution >= 0.6 is 0 Å². The van der Waals surface area contributed by atoms with Crippen LogP contribution in [0.25, 0.3) is 77.2 Å². The zero-order valence-electron chi connectivity index (χ0n) is 29.0. The van der Waals surface area contributed by atoms with Crippen LogP contribution in [0.15, 0.2) is 158 Å². The van der Waals surface area contributed by atoms with Crippen molar-refractivity contribution >= 4 is 21.5 Å². The number of fused-ring (bicyclic) bond motifs is 8. The Kier molecular flexibility index (Phi) is 6.07. The third kappa shape index (κ3) is 4.00. The molecule has 2 aliphatic rings. The summed E-state index contributed by atoms with van der Waals surface area (Å²) in [6, 6.07) is 59.2. The normalized spacial score (nSPS) is 14.7. The maximum Gasteiger partial charge on any atom is 0.0159 e. The lowest BCUT2D eigenvalue weighted by molar-refractivity contribution is 0.660. The predicted molar refractivity (Wildman–Crippen MR) is 213 cm³/mol. The van der Waals surface area contributed by atoms with E-state index < -0.39 is 0 Å². The first-order valence-electron chi connectivity index (χ1n) is 17.9. The van der Waals surface area contributed by atoms with Gasteiger partial charge in [-0.05, 0) is 112 Å². The molecule has 8 aromatic carbocycles. The molecule has 0 bridgehead atoms. The molecule has 0 aliphatic heterocycles. The highest BCUT2D eigenvalue weighted by Gasteiger charge is 2.36. The maximum atomic E-state index is 2.47. The van der Waals surface area contributed by atoms with E-state index in [9.17, 15) is 0 Å². The Morgan fingerprint density at radius 3 is 1.12 bits per heavy atom. The Bertz CT molecular complexity index is 2630. The zero-order chi connectivity index (χ0) is 33.8. The van der Waals surface area contributed by atoms with Crippen LogP contribution < -0.4 is 0 Å². The second-order valence-corrected chi connectivity index (χ2v) is 15.3. The molecule has 0 radical (unpaired) electrons. The van der Waals surface area contributed by atoms with Crippen molar-refractivity contribution in [1.82, 2.24) is 0 Å². The SMILES string of the molecule is CC1(C)c2ccccc2-c2ccc(-c3ccc(-c4c5ccccc5c(-c5ccc6c(c5)C(C)(C)c5ccccc5-6)c5ccccc45)cc3)cc21. The van der Waals surface area contributed by atoms with Crippen LogP contribution in [0.4, 0.5) is 0 Å². The maximum absolute atomic E-state index is 2.47. The molecule has 8 aromatic rings. The van der Waals surface area contributed by atoms with Gasteiger partial charge in [0.1, 0.15) is 0 Å². The van der Waals surface area contributed by atoms with E-state index in [-0.39, 0.29) is 10.8 Å². The van der Waals surface area contributed by atoms with Gasteiger partial charge < -0.3 is 0 Å². The summed E-state index contributed by atoms with van der Waals surface area (Å²) in [5, 5.41) is 5.15. The van der Waals surface area contributed by atoms with Gasteiger partial charge in [-0.25, -0.2) is 0 Å². The Balaban J connectivity index is 1.11. The number of benzene rings is 8. The van der Waals surface area contributed by atoms with Gasteiger partial charge in [0.25, 0.3) is 0 Å². The molecule has 0 fully saturated rings. The highest BCUT2D eigenvalue weighted by atomic mass is 14.4. The molecule has 0 nitrogen and oxygen atoms in total. The van der Waals surface area contributed by atoms with Gasteiger partial charge in [0.15, 0.2) is 0 Å². The third-order valence-corrected chi connectivity index (χ3v) is 11.9. The second kappa shape index (κ2) is 10.4. The first-order chi connectivity index (χ1) is 24.3. The Labute approximate surface area is 294 Å². The van der Waals surface area contributed by atoms with Crippen LogP contribution in [0.3, 0.4) is 0 Å². The summed E-state index contributed by atoms with van der Waals surface area (Å²) >= 11 is 0. The summed E-state index contributed by atoms with van der Waals surface area (Å²) in [6.45, 7) is 9.44. The fraction of sp³-hybridized carbons (Fsp3) is 0.120. The van der Waals surface area contributed by atoms with Gasteiger partial charge in [0.2, 0.25) is 0 Å². The van der Waals surface area contributed by atoms with Crippen molar-refractivity contribution in [3.05, 3.63) is 180 Å². The molecular weight excluding hydrogens is 601 g/mol. The van der Waals surface area contributed by atoms with Crippen molar-refractivity contribution in [2.75, 3.05) is 0 Å². The van der Waals surface area contributed by atoms with Crippen molar-refractivity contribution in [2.24, 2.45) is 0 Å². The Morgan fingerprint density at radius 1 is 0.280 bits per heavy atom. The molecular formula is C50H38. The van der Waals surface area contributed by atoms with Crippen LogP contribution in [0.1, 0.15) is 49.9 Å². The largest absolute Gasteiger partial charge is 0.0619 e. The summed E-state index contributed by atoms with van der Waals surface area (Å²) < 4.78 is 0. The summed E-state index contributed by atoms with van der Waals surface area (Å²) in [5.41, 5.74) is 18.7. The summed E-state index contributed by atoms with van der Waals surface area (Å²) in [4.78, 5) is 0. The lowest BCUT2D eigenvalue weighted by Crippen LogP contribution is -2.14. The average molecular weight is 639 g/mol.